The number of carbonyl (C=O) groups excluding carboxylic acids is 3. The quantitative estimate of drug-likeness (QED) is 0.0261. The molecule has 0 bridgehead atoms. The third-order valence-electron chi connectivity index (χ3n) is 17.3. The Bertz CT molecular complexity index is 1260. The van der Waals surface area contributed by atoms with E-state index in [1.807, 2.05) is 0 Å². The number of ether oxygens (including phenoxy) is 3. The minimum atomic E-state index is -0.768. The van der Waals surface area contributed by atoms with Crippen molar-refractivity contribution in [3.63, 3.8) is 0 Å². The molecule has 0 heterocycles. The number of rotatable bonds is 70. The molecular formula is C75H144O6. The number of hydrogen-bond donors (Lipinski definition) is 0. The highest BCUT2D eigenvalue weighted by atomic mass is 16.6. The van der Waals surface area contributed by atoms with Gasteiger partial charge in [0.25, 0.3) is 0 Å². The molecule has 0 saturated carbocycles. The Morgan fingerprint density at radius 1 is 0.235 bits per heavy atom. The van der Waals surface area contributed by atoms with Gasteiger partial charge in [-0.15, -0.1) is 0 Å². The Hall–Kier alpha value is -1.85. The van der Waals surface area contributed by atoms with Gasteiger partial charge < -0.3 is 14.2 Å². The summed E-state index contributed by atoms with van der Waals surface area (Å²) < 4.78 is 17.0. The fraction of sp³-hybridized carbons (Fsp3) is 0.933. The van der Waals surface area contributed by atoms with Gasteiger partial charge in [0.2, 0.25) is 0 Å². The number of unbranched alkanes of at least 4 members (excludes halogenated alkanes) is 57. The molecular weight excluding hydrogens is 997 g/mol. The second kappa shape index (κ2) is 70.6. The minimum Gasteiger partial charge on any atom is -0.462 e. The predicted octanol–water partition coefficient (Wildman–Crippen LogP) is 25.6. The molecule has 0 spiro atoms. The molecule has 0 saturated heterocycles. The van der Waals surface area contributed by atoms with Crippen LogP contribution in [0.1, 0.15) is 432 Å². The minimum absolute atomic E-state index is 0.0636. The van der Waals surface area contributed by atoms with Crippen molar-refractivity contribution in [1.82, 2.24) is 0 Å². The molecule has 0 aliphatic rings. The molecule has 480 valence electrons. The van der Waals surface area contributed by atoms with Crippen LogP contribution in [0.2, 0.25) is 0 Å². The molecule has 6 heteroatoms. The standard InChI is InChI=1S/C75H144O6/c1-4-7-10-13-16-19-22-25-28-30-32-34-35-36-37-38-39-41-42-44-47-50-53-56-59-62-65-68-74(77)80-71-72(70-79-73(76)67-64-61-58-55-52-49-46-27-24-21-18-15-12-9-6-3)81-75(78)69-66-63-60-57-54-51-48-45-43-40-33-31-29-26-23-20-17-14-11-8-5-2/h31,33,72H,4-30,32,34-71H2,1-3H3/b33-31-. The van der Waals surface area contributed by atoms with Crippen molar-refractivity contribution in [1.29, 1.82) is 0 Å². The molecule has 0 amide bonds. The zero-order valence-electron chi connectivity index (χ0n) is 55.4. The summed E-state index contributed by atoms with van der Waals surface area (Å²) in [7, 11) is 0. The van der Waals surface area contributed by atoms with E-state index in [4.69, 9.17) is 14.2 Å². The van der Waals surface area contributed by atoms with Crippen molar-refractivity contribution in [2.24, 2.45) is 0 Å². The average Bonchev–Trinajstić information content (AvgIpc) is 3.47. The van der Waals surface area contributed by atoms with E-state index in [0.29, 0.717) is 19.3 Å². The monoisotopic (exact) mass is 1140 g/mol. The topological polar surface area (TPSA) is 78.9 Å². The fourth-order valence-electron chi connectivity index (χ4n) is 11.7. The number of carbonyl (C=O) groups is 3. The van der Waals surface area contributed by atoms with Crippen LogP contribution in [0, 0.1) is 0 Å². The number of allylic oxidation sites excluding steroid dienone is 2. The first kappa shape index (κ1) is 79.2. The van der Waals surface area contributed by atoms with Crippen LogP contribution in [0.5, 0.6) is 0 Å². The summed E-state index contributed by atoms with van der Waals surface area (Å²) in [4.78, 5) is 38.5. The Balaban J connectivity index is 4.21. The van der Waals surface area contributed by atoms with E-state index in [2.05, 4.69) is 32.9 Å². The molecule has 0 aromatic heterocycles. The molecule has 0 radical (unpaired) electrons. The SMILES string of the molecule is CCCCCCCCCC/C=C\CCCCCCCCCCCC(=O)OC(COC(=O)CCCCCCCCCCCCCCCCC)COC(=O)CCCCCCCCCCCCCCCCCCCCCCCCCCCCC. The third kappa shape index (κ3) is 68.8. The van der Waals surface area contributed by atoms with Gasteiger partial charge in [-0.2, -0.15) is 0 Å². The summed E-state index contributed by atoms with van der Waals surface area (Å²) in [5.41, 5.74) is 0. The maximum Gasteiger partial charge on any atom is 0.306 e. The van der Waals surface area contributed by atoms with Crippen molar-refractivity contribution in [3.05, 3.63) is 12.2 Å². The van der Waals surface area contributed by atoms with Gasteiger partial charge in [0.15, 0.2) is 6.10 Å². The maximum atomic E-state index is 13.0. The van der Waals surface area contributed by atoms with Crippen LogP contribution >= 0.6 is 0 Å². The van der Waals surface area contributed by atoms with Crippen molar-refractivity contribution >= 4 is 17.9 Å². The van der Waals surface area contributed by atoms with Gasteiger partial charge in [0.1, 0.15) is 13.2 Å². The highest BCUT2D eigenvalue weighted by molar-refractivity contribution is 5.71. The molecule has 1 atom stereocenters. The summed E-state index contributed by atoms with van der Waals surface area (Å²) in [5.74, 6) is -0.827. The van der Waals surface area contributed by atoms with Crippen molar-refractivity contribution in [2.45, 2.75) is 438 Å². The van der Waals surface area contributed by atoms with E-state index in [1.54, 1.807) is 0 Å². The van der Waals surface area contributed by atoms with E-state index in [1.165, 1.54) is 334 Å². The molecule has 0 fully saturated rings. The van der Waals surface area contributed by atoms with Gasteiger partial charge >= 0.3 is 17.9 Å². The van der Waals surface area contributed by atoms with Gasteiger partial charge in [-0.25, -0.2) is 0 Å². The molecule has 0 aliphatic heterocycles. The number of esters is 3. The summed E-state index contributed by atoms with van der Waals surface area (Å²) in [5, 5.41) is 0. The normalized spacial score (nSPS) is 12.0. The van der Waals surface area contributed by atoms with E-state index in [0.717, 1.165) is 57.8 Å². The smallest absolute Gasteiger partial charge is 0.306 e. The first-order valence-electron chi connectivity index (χ1n) is 37.2. The van der Waals surface area contributed by atoms with E-state index < -0.39 is 6.10 Å². The Morgan fingerprint density at radius 3 is 0.617 bits per heavy atom. The summed E-state index contributed by atoms with van der Waals surface area (Å²) in [6.45, 7) is 6.74. The zero-order chi connectivity index (χ0) is 58.5. The number of hydrogen-bond acceptors (Lipinski definition) is 6. The Labute approximate surface area is 507 Å². The van der Waals surface area contributed by atoms with Crippen molar-refractivity contribution in [2.75, 3.05) is 13.2 Å². The van der Waals surface area contributed by atoms with Crippen molar-refractivity contribution in [3.8, 4) is 0 Å². The van der Waals surface area contributed by atoms with E-state index in [9.17, 15) is 14.4 Å². The molecule has 6 nitrogen and oxygen atoms in total. The molecule has 1 unspecified atom stereocenters. The second-order valence-electron chi connectivity index (χ2n) is 25.6. The third-order valence-corrected chi connectivity index (χ3v) is 17.3. The molecule has 0 rings (SSSR count). The molecule has 0 aromatic rings. The Morgan fingerprint density at radius 2 is 0.407 bits per heavy atom. The van der Waals surface area contributed by atoms with Crippen LogP contribution in [-0.2, 0) is 28.6 Å². The largest absolute Gasteiger partial charge is 0.462 e. The first-order chi connectivity index (χ1) is 40.0. The van der Waals surface area contributed by atoms with Gasteiger partial charge in [0.05, 0.1) is 0 Å². The van der Waals surface area contributed by atoms with Crippen LogP contribution < -0.4 is 0 Å². The van der Waals surface area contributed by atoms with Crippen LogP contribution in [-0.4, -0.2) is 37.2 Å². The van der Waals surface area contributed by atoms with Gasteiger partial charge in [-0.3, -0.25) is 14.4 Å². The van der Waals surface area contributed by atoms with E-state index in [-0.39, 0.29) is 31.1 Å². The zero-order valence-corrected chi connectivity index (χ0v) is 55.4. The summed E-state index contributed by atoms with van der Waals surface area (Å²) >= 11 is 0. The van der Waals surface area contributed by atoms with Gasteiger partial charge in [0, 0.05) is 19.3 Å². The lowest BCUT2D eigenvalue weighted by Gasteiger charge is -2.18. The second-order valence-corrected chi connectivity index (χ2v) is 25.6. The lowest BCUT2D eigenvalue weighted by Crippen LogP contribution is -2.30. The average molecular weight is 1140 g/mol. The first-order valence-corrected chi connectivity index (χ1v) is 37.2. The van der Waals surface area contributed by atoms with Crippen molar-refractivity contribution < 1.29 is 28.6 Å². The lowest BCUT2D eigenvalue weighted by molar-refractivity contribution is -0.167. The van der Waals surface area contributed by atoms with E-state index >= 15 is 0 Å². The molecule has 0 aliphatic carbocycles. The highest BCUT2D eigenvalue weighted by Crippen LogP contribution is 2.19. The highest BCUT2D eigenvalue weighted by Gasteiger charge is 2.20. The summed E-state index contributed by atoms with van der Waals surface area (Å²) in [6, 6.07) is 0. The van der Waals surface area contributed by atoms with Crippen LogP contribution in [0.3, 0.4) is 0 Å². The molecule has 81 heavy (non-hydrogen) atoms. The van der Waals surface area contributed by atoms with Gasteiger partial charge in [-0.05, 0) is 44.9 Å². The van der Waals surface area contributed by atoms with Crippen LogP contribution in [0.15, 0.2) is 12.2 Å². The molecule has 0 aromatic carbocycles. The molecule has 0 N–H and O–H groups in total. The predicted molar refractivity (Wildman–Crippen MR) is 353 cm³/mol. The van der Waals surface area contributed by atoms with Crippen LogP contribution in [0.4, 0.5) is 0 Å². The van der Waals surface area contributed by atoms with Gasteiger partial charge in [-0.1, -0.05) is 380 Å². The lowest BCUT2D eigenvalue weighted by atomic mass is 10.0. The maximum absolute atomic E-state index is 13.0. The Kier molecular flexibility index (Phi) is 69.0. The van der Waals surface area contributed by atoms with Crippen LogP contribution in [0.25, 0.3) is 0 Å². The fourth-order valence-corrected chi connectivity index (χ4v) is 11.7. The summed E-state index contributed by atoms with van der Waals surface area (Å²) in [6.07, 6.45) is 85.4.